The molecule has 3 aliphatic heterocycles. The molecule has 1 aromatic carbocycles. The van der Waals surface area contributed by atoms with E-state index in [1.165, 1.54) is 0 Å². The number of aliphatic imine (C=N–C) groups is 1. The van der Waals surface area contributed by atoms with Gasteiger partial charge in [0.25, 0.3) is 5.91 Å². The van der Waals surface area contributed by atoms with E-state index in [1.807, 2.05) is 35.5 Å². The van der Waals surface area contributed by atoms with Crippen LogP contribution in [0.25, 0.3) is 21.3 Å². The Morgan fingerprint density at radius 2 is 1.90 bits per heavy atom. The van der Waals surface area contributed by atoms with Crippen LogP contribution < -0.4 is 5.32 Å². The number of ether oxygens (including phenoxy) is 1. The molecule has 3 aliphatic rings. The zero-order chi connectivity index (χ0) is 26.3. The van der Waals surface area contributed by atoms with E-state index in [2.05, 4.69) is 49.5 Å². The van der Waals surface area contributed by atoms with Crippen molar-refractivity contribution in [2.45, 2.75) is 6.17 Å². The standard InChI is InChI=1S/C28H30N8O2S/c1-34-5-7-36(8-6-34)28(37)19-13-18(15-29-16-19)24-14-23-25(39-24)27(35-9-11-38-12-10-35)32-26(31-23)20-3-2-4-22-21(20)17-30-33-22/h2-4,13-17,27H,5-12H2,1H3,(H,30,33)(H,31,32). The number of piperazine rings is 1. The third kappa shape index (κ3) is 4.61. The predicted octanol–water partition coefficient (Wildman–Crippen LogP) is 3.09. The molecule has 1 atom stereocenters. The van der Waals surface area contributed by atoms with Crippen molar-refractivity contribution in [3.8, 4) is 10.4 Å². The van der Waals surface area contributed by atoms with Crippen molar-refractivity contribution in [1.82, 2.24) is 35.2 Å². The second-order valence-corrected chi connectivity index (χ2v) is 11.3. The number of aromatic amines is 1. The summed E-state index contributed by atoms with van der Waals surface area (Å²) in [5.41, 5.74) is 4.49. The number of amides is 1. The summed E-state index contributed by atoms with van der Waals surface area (Å²) in [6.07, 6.45) is 5.34. The molecule has 1 unspecified atom stereocenters. The number of benzene rings is 1. The largest absolute Gasteiger partial charge is 0.379 e. The Morgan fingerprint density at radius 3 is 2.74 bits per heavy atom. The summed E-state index contributed by atoms with van der Waals surface area (Å²) < 4.78 is 5.65. The molecule has 0 spiro atoms. The van der Waals surface area contributed by atoms with Crippen LogP contribution in [0, 0.1) is 0 Å². The minimum absolute atomic E-state index is 0.0274. The number of likely N-dealkylation sites (N-methyl/N-ethyl adjacent to an activating group) is 1. The average molecular weight is 543 g/mol. The summed E-state index contributed by atoms with van der Waals surface area (Å²) >= 11 is 1.71. The zero-order valence-corrected chi connectivity index (χ0v) is 22.6. The van der Waals surface area contributed by atoms with Crippen molar-refractivity contribution in [2.24, 2.45) is 4.99 Å². The highest BCUT2D eigenvalue weighted by Crippen LogP contribution is 2.43. The summed E-state index contributed by atoms with van der Waals surface area (Å²) in [6.45, 7) is 6.33. The number of nitrogens with zero attached hydrogens (tertiary/aromatic N) is 6. The van der Waals surface area contributed by atoms with Gasteiger partial charge in [0.15, 0.2) is 0 Å². The minimum atomic E-state index is -0.0274. The molecule has 0 saturated carbocycles. The molecule has 2 saturated heterocycles. The van der Waals surface area contributed by atoms with Crippen molar-refractivity contribution < 1.29 is 9.53 Å². The van der Waals surface area contributed by atoms with Gasteiger partial charge in [-0.25, -0.2) is 4.99 Å². The lowest BCUT2D eigenvalue weighted by atomic mass is 10.1. The molecule has 7 rings (SSSR count). The van der Waals surface area contributed by atoms with Gasteiger partial charge in [0.1, 0.15) is 12.0 Å². The molecule has 3 aromatic heterocycles. The molecule has 11 heteroatoms. The summed E-state index contributed by atoms with van der Waals surface area (Å²) in [6, 6.07) is 10.2. The van der Waals surface area contributed by atoms with Gasteiger partial charge in [0.2, 0.25) is 0 Å². The molecule has 4 aromatic rings. The number of morpholine rings is 1. The second-order valence-electron chi connectivity index (χ2n) is 10.2. The fraction of sp³-hybridized carbons (Fsp3) is 0.357. The first kappa shape index (κ1) is 24.4. The van der Waals surface area contributed by atoms with Gasteiger partial charge in [-0.3, -0.25) is 19.8 Å². The van der Waals surface area contributed by atoms with Gasteiger partial charge < -0.3 is 19.9 Å². The molecular formula is C28H30N8O2S. The quantitative estimate of drug-likeness (QED) is 0.409. The van der Waals surface area contributed by atoms with Crippen LogP contribution in [0.5, 0.6) is 0 Å². The molecule has 2 N–H and O–H groups in total. The van der Waals surface area contributed by atoms with Crippen molar-refractivity contribution >= 4 is 39.7 Å². The molecule has 0 bridgehead atoms. The van der Waals surface area contributed by atoms with Gasteiger partial charge >= 0.3 is 0 Å². The van der Waals surface area contributed by atoms with Crippen LogP contribution in [0.15, 0.2) is 53.9 Å². The van der Waals surface area contributed by atoms with Crippen LogP contribution in [0.3, 0.4) is 0 Å². The number of thiophene rings is 1. The molecule has 1 amide bonds. The van der Waals surface area contributed by atoms with Gasteiger partial charge in [-0.2, -0.15) is 5.10 Å². The topological polar surface area (TPSA) is 102 Å². The average Bonchev–Trinajstić information content (AvgIpc) is 3.65. The lowest BCUT2D eigenvalue weighted by Crippen LogP contribution is -2.47. The van der Waals surface area contributed by atoms with Gasteiger partial charge in [-0.05, 0) is 25.2 Å². The lowest BCUT2D eigenvalue weighted by molar-refractivity contribution is 0.0133. The van der Waals surface area contributed by atoms with E-state index >= 15 is 0 Å². The van der Waals surface area contributed by atoms with Gasteiger partial charge in [-0.15, -0.1) is 11.3 Å². The summed E-state index contributed by atoms with van der Waals surface area (Å²) in [4.78, 5) is 31.6. The normalized spacial score (nSPS) is 20.5. The molecule has 0 radical (unpaired) electrons. The molecule has 39 heavy (non-hydrogen) atoms. The number of carbonyl (C=O) groups is 1. The number of pyridine rings is 1. The first-order valence-corrected chi connectivity index (χ1v) is 14.1. The first-order chi connectivity index (χ1) is 19.1. The van der Waals surface area contributed by atoms with E-state index in [-0.39, 0.29) is 12.1 Å². The Bertz CT molecular complexity index is 1550. The molecule has 200 valence electrons. The Kier molecular flexibility index (Phi) is 6.36. The number of H-pyrrole nitrogens is 1. The highest BCUT2D eigenvalue weighted by Gasteiger charge is 2.32. The maximum atomic E-state index is 13.2. The van der Waals surface area contributed by atoms with E-state index in [0.29, 0.717) is 18.8 Å². The highest BCUT2D eigenvalue weighted by molar-refractivity contribution is 7.16. The number of nitrogens with one attached hydrogen (secondary N) is 2. The second kappa shape index (κ2) is 10.2. The third-order valence-electron chi connectivity index (χ3n) is 7.71. The number of fused-ring (bicyclic) bond motifs is 2. The smallest absolute Gasteiger partial charge is 0.255 e. The van der Waals surface area contributed by atoms with Gasteiger partial charge in [0.05, 0.1) is 41.1 Å². The van der Waals surface area contributed by atoms with Crippen molar-refractivity contribution in [3.63, 3.8) is 0 Å². The maximum absolute atomic E-state index is 13.2. The first-order valence-electron chi connectivity index (χ1n) is 13.3. The molecular weight excluding hydrogens is 512 g/mol. The number of hydrogen-bond donors (Lipinski definition) is 2. The summed E-state index contributed by atoms with van der Waals surface area (Å²) in [7, 11) is 2.09. The van der Waals surface area contributed by atoms with Crippen LogP contribution in [-0.4, -0.2) is 101 Å². The molecule has 2 fully saturated rings. The SMILES string of the molecule is CN1CCN(C(=O)c2cncc(-c3cc4c(s3)C(N3CCOCC3)NC(c3cccc5[nH]ncc35)=N4)c2)CC1. The van der Waals surface area contributed by atoms with E-state index in [1.54, 1.807) is 17.5 Å². The Hall–Kier alpha value is -3.64. The van der Waals surface area contributed by atoms with Crippen LogP contribution in [0.4, 0.5) is 5.69 Å². The van der Waals surface area contributed by atoms with Crippen LogP contribution in [0.1, 0.15) is 27.0 Å². The Balaban J connectivity index is 1.25. The molecule has 10 nitrogen and oxygen atoms in total. The van der Waals surface area contributed by atoms with Crippen LogP contribution >= 0.6 is 11.3 Å². The number of hydrogen-bond acceptors (Lipinski definition) is 9. The molecule has 0 aliphatic carbocycles. The van der Waals surface area contributed by atoms with E-state index in [0.717, 1.165) is 82.6 Å². The predicted molar refractivity (Wildman–Crippen MR) is 152 cm³/mol. The monoisotopic (exact) mass is 542 g/mol. The highest BCUT2D eigenvalue weighted by atomic mass is 32.1. The van der Waals surface area contributed by atoms with Crippen molar-refractivity contribution in [3.05, 3.63) is 64.9 Å². The summed E-state index contributed by atoms with van der Waals surface area (Å²) in [5.74, 6) is 0.868. The van der Waals surface area contributed by atoms with E-state index < -0.39 is 0 Å². The maximum Gasteiger partial charge on any atom is 0.255 e. The third-order valence-corrected chi connectivity index (χ3v) is 8.93. The Morgan fingerprint density at radius 1 is 1.05 bits per heavy atom. The number of aromatic nitrogens is 3. The van der Waals surface area contributed by atoms with E-state index in [9.17, 15) is 4.79 Å². The van der Waals surface area contributed by atoms with Gasteiger partial charge in [0, 0.05) is 73.1 Å². The van der Waals surface area contributed by atoms with E-state index in [4.69, 9.17) is 9.73 Å². The Labute approximate surface area is 230 Å². The number of rotatable bonds is 4. The fourth-order valence-electron chi connectivity index (χ4n) is 5.46. The van der Waals surface area contributed by atoms with Crippen molar-refractivity contribution in [1.29, 1.82) is 0 Å². The summed E-state index contributed by atoms with van der Waals surface area (Å²) in [5, 5.41) is 12.1. The number of carbonyl (C=O) groups excluding carboxylic acids is 1. The zero-order valence-electron chi connectivity index (χ0n) is 21.8. The van der Waals surface area contributed by atoms with Gasteiger partial charge in [-0.1, -0.05) is 12.1 Å². The molecule has 6 heterocycles. The van der Waals surface area contributed by atoms with Crippen LogP contribution in [0.2, 0.25) is 0 Å². The lowest BCUT2D eigenvalue weighted by Gasteiger charge is -2.37. The van der Waals surface area contributed by atoms with Crippen molar-refractivity contribution in [2.75, 3.05) is 59.5 Å². The minimum Gasteiger partial charge on any atom is -0.379 e. The van der Waals surface area contributed by atoms with Crippen LogP contribution in [-0.2, 0) is 4.74 Å². The number of amidine groups is 1. The fourth-order valence-corrected chi connectivity index (χ4v) is 6.62.